The molecule has 0 saturated carbocycles. The van der Waals surface area contributed by atoms with Gasteiger partial charge in [0.15, 0.2) is 5.54 Å². The van der Waals surface area contributed by atoms with Crippen molar-refractivity contribution in [2.45, 2.75) is 24.2 Å². The number of carbonyl (C=O) groups excluding carboxylic acids is 1. The van der Waals surface area contributed by atoms with Gasteiger partial charge in [0, 0.05) is 27.2 Å². The lowest BCUT2D eigenvalue weighted by Crippen LogP contribution is -2.61. The topological polar surface area (TPSA) is 56.9 Å². The average Bonchev–Trinajstić information content (AvgIpc) is 3.11. The van der Waals surface area contributed by atoms with Gasteiger partial charge in [-0.3, -0.25) is 10.1 Å². The van der Waals surface area contributed by atoms with Crippen LogP contribution in [0.3, 0.4) is 0 Å². The molecule has 144 valence electrons. The fraction of sp³-hybridized carbons (Fsp3) is 0.211. The molecule has 0 radical (unpaired) electrons. The first-order valence-electron chi connectivity index (χ1n) is 8.46. The van der Waals surface area contributed by atoms with Gasteiger partial charge in [-0.05, 0) is 48.4 Å². The molecule has 2 aliphatic heterocycles. The Labute approximate surface area is 160 Å². The van der Waals surface area contributed by atoms with Gasteiger partial charge in [-0.2, -0.15) is 13.2 Å². The number of fused-ring (bicyclic) bond motifs is 6. The fourth-order valence-corrected chi connectivity index (χ4v) is 4.38. The number of rotatable bonds is 0. The van der Waals surface area contributed by atoms with Crippen LogP contribution >= 0.6 is 11.6 Å². The number of halogens is 5. The zero-order valence-corrected chi connectivity index (χ0v) is 14.8. The summed E-state index contributed by atoms with van der Waals surface area (Å²) in [4.78, 5) is 16.1. The largest absolute Gasteiger partial charge is 0.404 e. The van der Waals surface area contributed by atoms with Crippen molar-refractivity contribution >= 4 is 34.1 Å². The van der Waals surface area contributed by atoms with Crippen LogP contribution in [0.5, 0.6) is 0 Å². The first-order valence-corrected chi connectivity index (χ1v) is 8.84. The van der Waals surface area contributed by atoms with Gasteiger partial charge in [0.05, 0.1) is 5.69 Å². The summed E-state index contributed by atoms with van der Waals surface area (Å²) in [6.07, 6.45) is -5.03. The van der Waals surface area contributed by atoms with Crippen molar-refractivity contribution in [1.82, 2.24) is 10.3 Å². The van der Waals surface area contributed by atoms with E-state index in [9.17, 15) is 22.4 Å². The lowest BCUT2D eigenvalue weighted by atomic mass is 9.79. The molecule has 0 fully saturated rings. The minimum atomic E-state index is -4.61. The number of hydrogen-bond acceptors (Lipinski definition) is 2. The molecular weight excluding hydrogens is 398 g/mol. The molecule has 0 aliphatic carbocycles. The molecule has 5 rings (SSSR count). The van der Waals surface area contributed by atoms with E-state index < -0.39 is 35.9 Å². The van der Waals surface area contributed by atoms with Gasteiger partial charge < -0.3 is 10.3 Å². The lowest BCUT2D eigenvalue weighted by Gasteiger charge is -2.39. The smallest absolute Gasteiger partial charge is 0.356 e. The summed E-state index contributed by atoms with van der Waals surface area (Å²) in [6, 6.07) is 6.42. The summed E-state index contributed by atoms with van der Waals surface area (Å²) < 4.78 is 55.0. The van der Waals surface area contributed by atoms with Crippen LogP contribution < -0.4 is 10.6 Å². The second kappa shape index (κ2) is 5.48. The number of nitrogens with one attached hydrogen (secondary N) is 3. The van der Waals surface area contributed by atoms with Gasteiger partial charge in [-0.25, -0.2) is 4.39 Å². The van der Waals surface area contributed by atoms with Crippen molar-refractivity contribution in [2.75, 3.05) is 5.32 Å². The van der Waals surface area contributed by atoms with Crippen molar-refractivity contribution in [3.8, 4) is 0 Å². The Morgan fingerprint density at radius 3 is 2.68 bits per heavy atom. The third kappa shape index (κ3) is 2.24. The SMILES string of the molecule is O=C1Nc2ccc(Cl)cc2C12NC(C(F)(F)F)Cc1c2[nH]c2ccc(F)cc12. The summed E-state index contributed by atoms with van der Waals surface area (Å²) >= 11 is 6.08. The molecule has 3 N–H and O–H groups in total. The van der Waals surface area contributed by atoms with Gasteiger partial charge >= 0.3 is 6.18 Å². The normalized spacial score (nSPS) is 23.8. The molecule has 2 aromatic carbocycles. The number of hydrogen-bond donors (Lipinski definition) is 3. The Kier molecular flexibility index (Phi) is 3.43. The maximum absolute atomic E-state index is 13.8. The molecule has 1 aromatic heterocycles. The van der Waals surface area contributed by atoms with Crippen molar-refractivity contribution in [3.63, 3.8) is 0 Å². The van der Waals surface area contributed by atoms with Crippen LogP contribution in [-0.2, 0) is 16.8 Å². The van der Waals surface area contributed by atoms with Gasteiger partial charge in [-0.1, -0.05) is 11.6 Å². The third-order valence-corrected chi connectivity index (χ3v) is 5.65. The highest BCUT2D eigenvalue weighted by Gasteiger charge is 2.58. The third-order valence-electron chi connectivity index (χ3n) is 5.41. The highest BCUT2D eigenvalue weighted by Crippen LogP contribution is 2.48. The van der Waals surface area contributed by atoms with E-state index in [1.165, 1.54) is 24.3 Å². The quantitative estimate of drug-likeness (QED) is 0.487. The second-order valence-corrected chi connectivity index (χ2v) is 7.44. The maximum Gasteiger partial charge on any atom is 0.404 e. The molecule has 1 spiro atoms. The van der Waals surface area contributed by atoms with Crippen LogP contribution in [0.25, 0.3) is 10.9 Å². The van der Waals surface area contributed by atoms with Crippen LogP contribution in [0.1, 0.15) is 16.8 Å². The number of amides is 1. The highest BCUT2D eigenvalue weighted by molar-refractivity contribution is 6.31. The molecule has 1 amide bonds. The van der Waals surface area contributed by atoms with E-state index in [0.717, 1.165) is 0 Å². The Bertz CT molecular complexity index is 1160. The molecule has 0 saturated heterocycles. The molecule has 3 aromatic rings. The van der Waals surface area contributed by atoms with Gasteiger partial charge in [0.1, 0.15) is 11.9 Å². The summed E-state index contributed by atoms with van der Waals surface area (Å²) in [5, 5.41) is 5.76. The molecule has 2 aliphatic rings. The predicted molar refractivity (Wildman–Crippen MR) is 95.8 cm³/mol. The van der Waals surface area contributed by atoms with Crippen LogP contribution in [0.15, 0.2) is 36.4 Å². The summed E-state index contributed by atoms with van der Waals surface area (Å²) in [7, 11) is 0. The van der Waals surface area contributed by atoms with E-state index in [1.807, 2.05) is 0 Å². The minimum Gasteiger partial charge on any atom is -0.356 e. The monoisotopic (exact) mass is 409 g/mol. The highest BCUT2D eigenvalue weighted by atomic mass is 35.5. The van der Waals surface area contributed by atoms with E-state index in [-0.39, 0.29) is 16.3 Å². The maximum atomic E-state index is 13.8. The second-order valence-electron chi connectivity index (χ2n) is 7.01. The van der Waals surface area contributed by atoms with E-state index in [4.69, 9.17) is 11.6 Å². The fourth-order valence-electron chi connectivity index (χ4n) is 4.20. The van der Waals surface area contributed by atoms with Crippen LogP contribution in [0.4, 0.5) is 23.2 Å². The van der Waals surface area contributed by atoms with E-state index in [2.05, 4.69) is 15.6 Å². The molecule has 9 heteroatoms. The zero-order chi connectivity index (χ0) is 19.8. The Morgan fingerprint density at radius 2 is 1.93 bits per heavy atom. The molecule has 4 nitrogen and oxygen atoms in total. The van der Waals surface area contributed by atoms with Gasteiger partial charge in [-0.15, -0.1) is 0 Å². The van der Waals surface area contributed by atoms with Crippen molar-refractivity contribution in [3.05, 3.63) is 64.1 Å². The summed E-state index contributed by atoms with van der Waals surface area (Å²) in [5.74, 6) is -1.21. The van der Waals surface area contributed by atoms with Crippen molar-refractivity contribution in [1.29, 1.82) is 0 Å². The Morgan fingerprint density at radius 1 is 1.14 bits per heavy atom. The number of anilines is 1. The van der Waals surface area contributed by atoms with E-state index >= 15 is 0 Å². The zero-order valence-electron chi connectivity index (χ0n) is 14.0. The number of carbonyl (C=O) groups is 1. The van der Waals surface area contributed by atoms with E-state index in [1.54, 1.807) is 12.1 Å². The molecule has 28 heavy (non-hydrogen) atoms. The number of aromatic nitrogens is 1. The summed E-state index contributed by atoms with van der Waals surface area (Å²) in [6.45, 7) is 0. The number of H-pyrrole nitrogens is 1. The Balaban J connectivity index is 1.86. The lowest BCUT2D eigenvalue weighted by molar-refractivity contribution is -0.162. The predicted octanol–water partition coefficient (Wildman–Crippen LogP) is 4.23. The Hall–Kier alpha value is -2.58. The first-order chi connectivity index (χ1) is 13.2. The molecule has 2 unspecified atom stereocenters. The average molecular weight is 410 g/mol. The molecular formula is C19H12ClF4N3O. The van der Waals surface area contributed by atoms with Crippen molar-refractivity contribution < 1.29 is 22.4 Å². The number of aromatic amines is 1. The van der Waals surface area contributed by atoms with Gasteiger partial charge in [0.25, 0.3) is 5.91 Å². The van der Waals surface area contributed by atoms with E-state index in [0.29, 0.717) is 22.2 Å². The minimum absolute atomic E-state index is 0.263. The van der Waals surface area contributed by atoms with Crippen LogP contribution in [0.2, 0.25) is 5.02 Å². The van der Waals surface area contributed by atoms with Crippen LogP contribution in [-0.4, -0.2) is 23.1 Å². The standard InChI is InChI=1S/C19H12ClF4N3O/c20-8-1-3-14-12(5-8)18(17(28)26-14)16-11(7-15(27-18)19(22,23)24)10-6-9(21)2-4-13(10)25-16/h1-6,15,25,27H,7H2,(H,26,28). The first kappa shape index (κ1) is 17.5. The number of benzene rings is 2. The molecule has 3 heterocycles. The molecule has 2 atom stereocenters. The van der Waals surface area contributed by atoms with Gasteiger partial charge in [0.2, 0.25) is 0 Å². The summed E-state index contributed by atoms with van der Waals surface area (Å²) in [5.41, 5.74) is -0.138. The van der Waals surface area contributed by atoms with Crippen LogP contribution in [0, 0.1) is 5.82 Å². The molecule has 0 bridgehead atoms. The number of alkyl halides is 3. The van der Waals surface area contributed by atoms with Crippen molar-refractivity contribution in [2.24, 2.45) is 0 Å².